The molecule has 3 rings (SSSR count). The Bertz CT molecular complexity index is 1030. The molecule has 0 heterocycles. The second-order valence-corrected chi connectivity index (χ2v) is 12.7. The molecule has 3 aromatic carbocycles. The zero-order chi connectivity index (χ0) is 32.4. The lowest BCUT2D eigenvalue weighted by molar-refractivity contribution is -0.0685. The van der Waals surface area contributed by atoms with Crippen molar-refractivity contribution >= 4 is 0 Å². The summed E-state index contributed by atoms with van der Waals surface area (Å²) in [5, 5.41) is 0. The van der Waals surface area contributed by atoms with Crippen molar-refractivity contribution in [1.82, 2.24) is 0 Å². The van der Waals surface area contributed by atoms with E-state index in [1.807, 2.05) is 6.26 Å². The van der Waals surface area contributed by atoms with Crippen LogP contribution in [0.25, 0.3) is 0 Å². The number of ether oxygens (including phenoxy) is 3. The van der Waals surface area contributed by atoms with Crippen LogP contribution in [0, 0.1) is 0 Å². The van der Waals surface area contributed by atoms with Gasteiger partial charge in [0.25, 0.3) is 0 Å². The monoisotopic (exact) mass is 626 g/mol. The van der Waals surface area contributed by atoms with E-state index >= 15 is 0 Å². The molecular formula is C43H62O3. The molecule has 0 aromatic heterocycles. The maximum absolute atomic E-state index is 7.05. The molecule has 1 atom stereocenters. The van der Waals surface area contributed by atoms with E-state index in [1.54, 1.807) is 0 Å². The van der Waals surface area contributed by atoms with Crippen molar-refractivity contribution in [3.8, 4) is 0 Å². The summed E-state index contributed by atoms with van der Waals surface area (Å²) in [4.78, 5) is 0. The highest BCUT2D eigenvalue weighted by atomic mass is 16.6. The molecule has 46 heavy (non-hydrogen) atoms. The normalized spacial score (nSPS) is 12.5. The van der Waals surface area contributed by atoms with Gasteiger partial charge in [-0.25, -0.2) is 0 Å². The second-order valence-electron chi connectivity index (χ2n) is 12.7. The molecule has 3 heteroatoms. The first kappa shape index (κ1) is 37.6. The first-order valence-corrected chi connectivity index (χ1v) is 18.5. The van der Waals surface area contributed by atoms with Gasteiger partial charge in [-0.2, -0.15) is 0 Å². The summed E-state index contributed by atoms with van der Waals surface area (Å²) in [6, 6.07) is 31.6. The van der Waals surface area contributed by atoms with E-state index in [0.717, 1.165) is 42.6 Å². The Hall–Kier alpha value is -2.88. The first-order valence-electron chi connectivity index (χ1n) is 18.5. The topological polar surface area (TPSA) is 27.7 Å². The van der Waals surface area contributed by atoms with Gasteiger partial charge in [0, 0.05) is 6.61 Å². The highest BCUT2D eigenvalue weighted by Gasteiger charge is 2.38. The largest absolute Gasteiger partial charge is 0.494 e. The van der Waals surface area contributed by atoms with E-state index in [9.17, 15) is 0 Å². The summed E-state index contributed by atoms with van der Waals surface area (Å²) >= 11 is 0. The van der Waals surface area contributed by atoms with Crippen LogP contribution in [0.1, 0.15) is 133 Å². The molecular weight excluding hydrogens is 564 g/mol. The Balaban J connectivity index is 1.50. The fourth-order valence-corrected chi connectivity index (χ4v) is 6.13. The van der Waals surface area contributed by atoms with E-state index in [0.29, 0.717) is 13.2 Å². The average molecular weight is 627 g/mol. The lowest BCUT2D eigenvalue weighted by Gasteiger charge is -2.37. The lowest BCUT2D eigenvalue weighted by Crippen LogP contribution is -2.37. The Morgan fingerprint density at radius 1 is 0.522 bits per heavy atom. The van der Waals surface area contributed by atoms with E-state index in [-0.39, 0.29) is 6.10 Å². The fraction of sp³-hybridized carbons (Fsp3) is 0.535. The van der Waals surface area contributed by atoms with Crippen LogP contribution in [0.15, 0.2) is 103 Å². The van der Waals surface area contributed by atoms with Crippen molar-refractivity contribution in [2.45, 2.75) is 128 Å². The highest BCUT2D eigenvalue weighted by molar-refractivity contribution is 5.47. The van der Waals surface area contributed by atoms with Crippen LogP contribution in [-0.4, -0.2) is 25.9 Å². The van der Waals surface area contributed by atoms with Crippen LogP contribution in [0.5, 0.6) is 0 Å². The Morgan fingerprint density at radius 2 is 0.957 bits per heavy atom. The Kier molecular flexibility index (Phi) is 19.9. The zero-order valence-corrected chi connectivity index (χ0v) is 29.1. The summed E-state index contributed by atoms with van der Waals surface area (Å²) in [5.41, 5.74) is 2.51. The standard InChI is InChI=1S/C43H62O3/c1-3-5-7-8-9-10-11-12-13-14-15-16-17-28-35-44-37-42(45-36-27-6-4-2)38-46-43(39-29-21-18-22-30-39,40-31-23-19-24-32-40)41-33-25-20-26-34-41/h18-27,29-34,36,42H,3-17,28,35,37-38H2,1-2H3. The minimum Gasteiger partial charge on any atom is -0.494 e. The predicted molar refractivity (Wildman–Crippen MR) is 195 cm³/mol. The van der Waals surface area contributed by atoms with E-state index < -0.39 is 5.60 Å². The fourth-order valence-electron chi connectivity index (χ4n) is 6.13. The molecule has 0 aliphatic heterocycles. The molecule has 0 saturated heterocycles. The van der Waals surface area contributed by atoms with Gasteiger partial charge in [0.05, 0.1) is 19.5 Å². The van der Waals surface area contributed by atoms with Gasteiger partial charge in [0.1, 0.15) is 11.7 Å². The minimum absolute atomic E-state index is 0.213. The molecule has 0 radical (unpaired) electrons. The zero-order valence-electron chi connectivity index (χ0n) is 29.1. The maximum atomic E-state index is 7.05. The summed E-state index contributed by atoms with van der Waals surface area (Å²) in [6.07, 6.45) is 24.8. The van der Waals surface area contributed by atoms with Crippen LogP contribution < -0.4 is 0 Å². The third-order valence-electron chi connectivity index (χ3n) is 8.80. The number of hydrogen-bond acceptors (Lipinski definition) is 3. The Labute approximate surface area is 281 Å². The molecule has 0 N–H and O–H groups in total. The van der Waals surface area contributed by atoms with Crippen LogP contribution in [0.2, 0.25) is 0 Å². The Morgan fingerprint density at radius 3 is 1.39 bits per heavy atom. The van der Waals surface area contributed by atoms with Crippen molar-refractivity contribution in [3.63, 3.8) is 0 Å². The van der Waals surface area contributed by atoms with Gasteiger partial charge in [0.15, 0.2) is 0 Å². The lowest BCUT2D eigenvalue weighted by atomic mass is 9.80. The molecule has 0 spiro atoms. The molecule has 0 aliphatic rings. The van der Waals surface area contributed by atoms with Crippen molar-refractivity contribution in [2.24, 2.45) is 0 Å². The molecule has 0 amide bonds. The second kappa shape index (κ2) is 24.3. The number of hydrogen-bond donors (Lipinski definition) is 0. The van der Waals surface area contributed by atoms with Crippen molar-refractivity contribution in [2.75, 3.05) is 19.8 Å². The number of rotatable bonds is 27. The van der Waals surface area contributed by atoms with Crippen molar-refractivity contribution in [3.05, 3.63) is 120 Å². The summed E-state index contributed by atoms with van der Waals surface area (Å²) in [5.74, 6) is 0. The molecule has 3 aromatic rings. The molecule has 0 fully saturated rings. The van der Waals surface area contributed by atoms with Gasteiger partial charge in [-0.05, 0) is 35.6 Å². The van der Waals surface area contributed by atoms with E-state index in [1.165, 1.54) is 83.5 Å². The maximum Gasteiger partial charge on any atom is 0.144 e. The van der Waals surface area contributed by atoms with Crippen LogP contribution in [0.4, 0.5) is 0 Å². The van der Waals surface area contributed by atoms with Gasteiger partial charge < -0.3 is 14.2 Å². The smallest absolute Gasteiger partial charge is 0.144 e. The summed E-state index contributed by atoms with van der Waals surface area (Å²) in [6.45, 7) is 6.13. The highest BCUT2D eigenvalue weighted by Crippen LogP contribution is 2.40. The SMILES string of the molecule is CCCC=COC(COCCCCCCCCCCCCCCCC)COC(c1ccccc1)(c1ccccc1)c1ccccc1. The molecule has 0 saturated carbocycles. The molecule has 252 valence electrons. The number of allylic oxidation sites excluding steroid dienone is 1. The van der Waals surface area contributed by atoms with E-state index in [4.69, 9.17) is 14.2 Å². The van der Waals surface area contributed by atoms with Gasteiger partial charge in [-0.3, -0.25) is 0 Å². The van der Waals surface area contributed by atoms with Gasteiger partial charge in [-0.1, -0.05) is 195 Å². The van der Waals surface area contributed by atoms with Crippen molar-refractivity contribution < 1.29 is 14.2 Å². The molecule has 1 unspecified atom stereocenters. The van der Waals surface area contributed by atoms with E-state index in [2.05, 4.69) is 111 Å². The van der Waals surface area contributed by atoms with Crippen molar-refractivity contribution in [1.29, 1.82) is 0 Å². The summed E-state index contributed by atoms with van der Waals surface area (Å²) < 4.78 is 19.5. The van der Waals surface area contributed by atoms with Crippen LogP contribution in [-0.2, 0) is 19.8 Å². The minimum atomic E-state index is -0.771. The summed E-state index contributed by atoms with van der Waals surface area (Å²) in [7, 11) is 0. The third-order valence-corrected chi connectivity index (χ3v) is 8.80. The van der Waals surface area contributed by atoms with Gasteiger partial charge in [0.2, 0.25) is 0 Å². The third kappa shape index (κ3) is 13.9. The van der Waals surface area contributed by atoms with Crippen LogP contribution in [0.3, 0.4) is 0 Å². The predicted octanol–water partition coefficient (Wildman–Crippen LogP) is 12.2. The molecule has 0 aliphatic carbocycles. The van der Waals surface area contributed by atoms with Gasteiger partial charge >= 0.3 is 0 Å². The molecule has 3 nitrogen and oxygen atoms in total. The van der Waals surface area contributed by atoms with Gasteiger partial charge in [-0.15, -0.1) is 0 Å². The van der Waals surface area contributed by atoms with Crippen LogP contribution >= 0.6 is 0 Å². The number of unbranched alkanes of at least 4 members (excludes halogenated alkanes) is 14. The first-order chi connectivity index (χ1) is 22.8. The quantitative estimate of drug-likeness (QED) is 0.0479. The molecule has 0 bridgehead atoms. The average Bonchev–Trinajstić information content (AvgIpc) is 3.11. The number of benzene rings is 3.